The van der Waals surface area contributed by atoms with Crippen LogP contribution >= 0.6 is 0 Å². The van der Waals surface area contributed by atoms with E-state index in [1.54, 1.807) is 6.07 Å². The van der Waals surface area contributed by atoms with E-state index in [1.165, 1.54) is 12.5 Å². The fourth-order valence-corrected chi connectivity index (χ4v) is 2.57. The van der Waals surface area contributed by atoms with Crippen molar-refractivity contribution in [3.05, 3.63) is 22.2 Å². The zero-order valence-electron chi connectivity index (χ0n) is 10.8. The smallest absolute Gasteiger partial charge is 0.311 e. The van der Waals surface area contributed by atoms with E-state index < -0.39 is 4.92 Å². The maximum absolute atomic E-state index is 10.7. The first-order chi connectivity index (χ1) is 9.13. The fraction of sp³-hybridized carbons (Fsp3) is 0.583. The van der Waals surface area contributed by atoms with Crippen LogP contribution in [0.15, 0.2) is 12.1 Å². The van der Waals surface area contributed by atoms with Gasteiger partial charge in [-0.15, -0.1) is 0 Å². The van der Waals surface area contributed by atoms with Gasteiger partial charge < -0.3 is 16.4 Å². The lowest BCUT2D eigenvalue weighted by molar-refractivity contribution is -0.384. The van der Waals surface area contributed by atoms with Crippen molar-refractivity contribution in [2.75, 3.05) is 23.7 Å². The summed E-state index contributed by atoms with van der Waals surface area (Å²) in [6.45, 7) is 1.53. The molecular weight excluding hydrogens is 246 g/mol. The zero-order chi connectivity index (χ0) is 13.8. The Kier molecular flexibility index (Phi) is 4.16. The van der Waals surface area contributed by atoms with Crippen LogP contribution in [-0.2, 0) is 0 Å². The molecule has 1 aromatic rings. The van der Waals surface area contributed by atoms with E-state index in [2.05, 4.69) is 9.88 Å². The molecule has 2 heterocycles. The largest absolute Gasteiger partial charge is 0.378 e. The van der Waals surface area contributed by atoms with Crippen molar-refractivity contribution < 1.29 is 4.92 Å². The highest BCUT2D eigenvalue weighted by Crippen LogP contribution is 2.28. The molecule has 1 saturated heterocycles. The number of hydrogen-bond donors (Lipinski definition) is 2. The summed E-state index contributed by atoms with van der Waals surface area (Å²) in [4.78, 5) is 16.6. The first-order valence-electron chi connectivity index (χ1n) is 6.51. The third kappa shape index (κ3) is 2.93. The molecule has 7 heteroatoms. The number of nitro groups is 1. The second kappa shape index (κ2) is 5.83. The molecule has 0 amide bonds. The first-order valence-corrected chi connectivity index (χ1v) is 6.51. The number of rotatable bonds is 4. The molecule has 104 valence electrons. The summed E-state index contributed by atoms with van der Waals surface area (Å²) < 4.78 is 0. The molecular formula is C12H19N5O2. The van der Waals surface area contributed by atoms with Gasteiger partial charge in [-0.3, -0.25) is 10.1 Å². The highest BCUT2D eigenvalue weighted by molar-refractivity contribution is 5.58. The van der Waals surface area contributed by atoms with Gasteiger partial charge in [-0.05, 0) is 38.3 Å². The van der Waals surface area contributed by atoms with Crippen LogP contribution in [0.4, 0.5) is 17.3 Å². The molecule has 1 aliphatic rings. The van der Waals surface area contributed by atoms with Crippen LogP contribution in [-0.4, -0.2) is 29.0 Å². The Labute approximate surface area is 111 Å². The van der Waals surface area contributed by atoms with Gasteiger partial charge in [-0.1, -0.05) is 0 Å². The Morgan fingerprint density at radius 1 is 1.47 bits per heavy atom. The number of nitrogens with zero attached hydrogens (tertiary/aromatic N) is 3. The van der Waals surface area contributed by atoms with Gasteiger partial charge in [0.15, 0.2) is 0 Å². The monoisotopic (exact) mass is 265 g/mol. The van der Waals surface area contributed by atoms with E-state index in [0.717, 1.165) is 25.8 Å². The lowest BCUT2D eigenvalue weighted by atomic mass is 9.99. The number of piperidine rings is 1. The third-order valence-corrected chi connectivity index (χ3v) is 3.51. The molecule has 2 rings (SSSR count). The van der Waals surface area contributed by atoms with Crippen molar-refractivity contribution in [1.82, 2.24) is 4.98 Å². The average Bonchev–Trinajstić information content (AvgIpc) is 2.39. The maximum atomic E-state index is 10.7. The van der Waals surface area contributed by atoms with Gasteiger partial charge in [0.05, 0.1) is 4.92 Å². The third-order valence-electron chi connectivity index (χ3n) is 3.51. The highest BCUT2D eigenvalue weighted by Gasteiger charge is 2.24. The lowest BCUT2D eigenvalue weighted by Crippen LogP contribution is -2.41. The molecule has 4 N–H and O–H groups in total. The van der Waals surface area contributed by atoms with E-state index in [1.807, 2.05) is 0 Å². The standard InChI is InChI=1S/C12H19N5O2/c13-7-6-9-3-1-2-8-16(9)11-5-4-10(17(18)19)12(14)15-11/h4-5,9H,1-3,6-8,13H2,(H2,14,15). The summed E-state index contributed by atoms with van der Waals surface area (Å²) in [6.07, 6.45) is 4.26. The van der Waals surface area contributed by atoms with Gasteiger partial charge in [0.1, 0.15) is 5.82 Å². The Morgan fingerprint density at radius 3 is 2.89 bits per heavy atom. The van der Waals surface area contributed by atoms with Crippen molar-refractivity contribution in [2.24, 2.45) is 5.73 Å². The minimum atomic E-state index is -0.514. The van der Waals surface area contributed by atoms with Crippen LogP contribution in [0.25, 0.3) is 0 Å². The fourth-order valence-electron chi connectivity index (χ4n) is 2.57. The molecule has 0 spiro atoms. The van der Waals surface area contributed by atoms with Gasteiger partial charge in [0.2, 0.25) is 5.82 Å². The van der Waals surface area contributed by atoms with Gasteiger partial charge in [-0.25, -0.2) is 4.98 Å². The second-order valence-electron chi connectivity index (χ2n) is 4.75. The predicted molar refractivity (Wildman–Crippen MR) is 74.0 cm³/mol. The molecule has 1 fully saturated rings. The number of pyridine rings is 1. The van der Waals surface area contributed by atoms with Crippen LogP contribution in [0.5, 0.6) is 0 Å². The summed E-state index contributed by atoms with van der Waals surface area (Å²) in [7, 11) is 0. The predicted octanol–water partition coefficient (Wildman–Crippen LogP) is 1.28. The highest BCUT2D eigenvalue weighted by atomic mass is 16.6. The quantitative estimate of drug-likeness (QED) is 0.626. The number of anilines is 2. The van der Waals surface area contributed by atoms with Crippen molar-refractivity contribution in [3.8, 4) is 0 Å². The molecule has 1 aliphatic heterocycles. The molecule has 7 nitrogen and oxygen atoms in total. The Balaban J connectivity index is 2.24. The van der Waals surface area contributed by atoms with Gasteiger partial charge in [-0.2, -0.15) is 0 Å². The number of aromatic nitrogens is 1. The van der Waals surface area contributed by atoms with Crippen molar-refractivity contribution >= 4 is 17.3 Å². The van der Waals surface area contributed by atoms with Crippen molar-refractivity contribution in [3.63, 3.8) is 0 Å². The van der Waals surface area contributed by atoms with Crippen LogP contribution in [0, 0.1) is 10.1 Å². The van der Waals surface area contributed by atoms with E-state index in [9.17, 15) is 10.1 Å². The number of nitrogen functional groups attached to an aromatic ring is 1. The lowest BCUT2D eigenvalue weighted by Gasteiger charge is -2.36. The Morgan fingerprint density at radius 2 is 2.26 bits per heavy atom. The van der Waals surface area contributed by atoms with Crippen molar-refractivity contribution in [1.29, 1.82) is 0 Å². The molecule has 19 heavy (non-hydrogen) atoms. The summed E-state index contributed by atoms with van der Waals surface area (Å²) in [5.74, 6) is 0.681. The molecule has 1 atom stereocenters. The molecule has 0 saturated carbocycles. The summed E-state index contributed by atoms with van der Waals surface area (Å²) >= 11 is 0. The van der Waals surface area contributed by atoms with Crippen LogP contribution in [0.1, 0.15) is 25.7 Å². The minimum Gasteiger partial charge on any atom is -0.378 e. The summed E-state index contributed by atoms with van der Waals surface area (Å²) in [5.41, 5.74) is 11.1. The van der Waals surface area contributed by atoms with Crippen LogP contribution in [0.2, 0.25) is 0 Å². The topological polar surface area (TPSA) is 111 Å². The molecule has 0 aliphatic carbocycles. The van der Waals surface area contributed by atoms with Crippen molar-refractivity contribution in [2.45, 2.75) is 31.7 Å². The van der Waals surface area contributed by atoms with Crippen LogP contribution < -0.4 is 16.4 Å². The number of hydrogen-bond acceptors (Lipinski definition) is 6. The van der Waals surface area contributed by atoms with E-state index in [4.69, 9.17) is 11.5 Å². The number of nitrogens with two attached hydrogens (primary N) is 2. The van der Waals surface area contributed by atoms with E-state index in [-0.39, 0.29) is 11.5 Å². The molecule has 0 radical (unpaired) electrons. The zero-order valence-corrected chi connectivity index (χ0v) is 10.8. The SMILES string of the molecule is NCCC1CCCCN1c1ccc([N+](=O)[O-])c(N)n1. The molecule has 1 aromatic heterocycles. The van der Waals surface area contributed by atoms with E-state index in [0.29, 0.717) is 18.4 Å². The Bertz CT molecular complexity index is 463. The maximum Gasteiger partial charge on any atom is 0.311 e. The average molecular weight is 265 g/mol. The second-order valence-corrected chi connectivity index (χ2v) is 4.75. The van der Waals surface area contributed by atoms with Crippen LogP contribution in [0.3, 0.4) is 0 Å². The first kappa shape index (κ1) is 13.5. The van der Waals surface area contributed by atoms with Gasteiger partial charge >= 0.3 is 5.69 Å². The summed E-state index contributed by atoms with van der Waals surface area (Å²) in [5, 5.41) is 10.7. The van der Waals surface area contributed by atoms with Gasteiger partial charge in [0, 0.05) is 18.7 Å². The molecule has 1 unspecified atom stereocenters. The minimum absolute atomic E-state index is 0.0282. The Hall–Kier alpha value is -1.89. The molecule has 0 aromatic carbocycles. The molecule has 0 bridgehead atoms. The van der Waals surface area contributed by atoms with Gasteiger partial charge in [0.25, 0.3) is 0 Å². The normalized spacial score (nSPS) is 19.4. The van der Waals surface area contributed by atoms with E-state index >= 15 is 0 Å². The summed E-state index contributed by atoms with van der Waals surface area (Å²) in [6, 6.07) is 3.45.